The number of carbonyl (C=O) groups is 1. The maximum absolute atomic E-state index is 13.9. The summed E-state index contributed by atoms with van der Waals surface area (Å²) >= 11 is 8.25. The predicted molar refractivity (Wildman–Crippen MR) is 148 cm³/mol. The summed E-state index contributed by atoms with van der Waals surface area (Å²) in [6.45, 7) is 11.3. The van der Waals surface area contributed by atoms with E-state index in [1.165, 1.54) is 28.7 Å². The zero-order chi connectivity index (χ0) is 25.3. The van der Waals surface area contributed by atoms with Gasteiger partial charge >= 0.3 is 0 Å². The van der Waals surface area contributed by atoms with Gasteiger partial charge in [-0.3, -0.25) is 18.7 Å². The number of hydrogen-bond acceptors (Lipinski definition) is 6. The molecule has 0 saturated heterocycles. The molecule has 2 aromatic carbocycles. The van der Waals surface area contributed by atoms with Crippen LogP contribution in [0.25, 0.3) is 21.7 Å². The molecule has 4 rings (SSSR count). The van der Waals surface area contributed by atoms with Crippen LogP contribution in [-0.2, 0) is 4.79 Å². The molecule has 182 valence electrons. The van der Waals surface area contributed by atoms with Gasteiger partial charge in [-0.25, -0.2) is 4.98 Å². The van der Waals surface area contributed by atoms with Crippen molar-refractivity contribution in [3.05, 3.63) is 73.5 Å². The third-order valence-corrected chi connectivity index (χ3v) is 8.40. The molecule has 0 spiro atoms. The largest absolute Gasteiger partial charge is 0.343 e. The van der Waals surface area contributed by atoms with Crippen molar-refractivity contribution in [1.82, 2.24) is 19.0 Å². The lowest BCUT2D eigenvalue weighted by Gasteiger charge is -2.19. The molecule has 0 aliphatic rings. The summed E-state index contributed by atoms with van der Waals surface area (Å²) in [4.78, 5) is 33.4. The van der Waals surface area contributed by atoms with Crippen molar-refractivity contribution >= 4 is 51.6 Å². The zero-order valence-electron chi connectivity index (χ0n) is 20.5. The Morgan fingerprint density at radius 1 is 1.03 bits per heavy atom. The Morgan fingerprint density at radius 2 is 1.74 bits per heavy atom. The first-order chi connectivity index (χ1) is 16.8. The van der Waals surface area contributed by atoms with Crippen molar-refractivity contribution in [3.8, 4) is 11.4 Å². The first kappa shape index (κ1) is 25.3. The highest BCUT2D eigenvalue weighted by Gasteiger charge is 2.21. The molecule has 1 amide bonds. The first-order valence-electron chi connectivity index (χ1n) is 11.5. The number of hydrogen-bond donors (Lipinski definition) is 0. The summed E-state index contributed by atoms with van der Waals surface area (Å²) in [5, 5.41) is 0.475. The molecule has 2 aromatic heterocycles. The molecule has 0 N–H and O–H groups in total. The maximum atomic E-state index is 13.9. The Labute approximate surface area is 218 Å². The van der Waals surface area contributed by atoms with Crippen LogP contribution >= 0.6 is 35.3 Å². The van der Waals surface area contributed by atoms with E-state index in [1.54, 1.807) is 9.47 Å². The summed E-state index contributed by atoms with van der Waals surface area (Å²) in [5.41, 5.74) is 5.24. The smallest absolute Gasteiger partial charge is 0.278 e. The van der Waals surface area contributed by atoms with Crippen molar-refractivity contribution in [2.75, 3.05) is 18.8 Å². The summed E-state index contributed by atoms with van der Waals surface area (Å²) in [6.07, 6.45) is 0. The lowest BCUT2D eigenvalue weighted by molar-refractivity contribution is -0.127. The Hall–Kier alpha value is -2.75. The van der Waals surface area contributed by atoms with Gasteiger partial charge in [0.2, 0.25) is 5.91 Å². The maximum Gasteiger partial charge on any atom is 0.278 e. The van der Waals surface area contributed by atoms with Crippen molar-refractivity contribution in [3.63, 3.8) is 0 Å². The number of rotatable bonds is 7. The van der Waals surface area contributed by atoms with Crippen LogP contribution < -0.4 is 5.56 Å². The van der Waals surface area contributed by atoms with Gasteiger partial charge in [-0.05, 0) is 81.7 Å². The minimum atomic E-state index is -0.180. The third kappa shape index (κ3) is 4.85. The highest BCUT2D eigenvalue weighted by atomic mass is 32.2. The molecule has 0 aliphatic carbocycles. The van der Waals surface area contributed by atoms with E-state index in [2.05, 4.69) is 19.9 Å². The van der Waals surface area contributed by atoms with Gasteiger partial charge < -0.3 is 4.90 Å². The van der Waals surface area contributed by atoms with Gasteiger partial charge in [-0.2, -0.15) is 0 Å². The summed E-state index contributed by atoms with van der Waals surface area (Å²) in [6, 6.07) is 13.8. The molecule has 9 heteroatoms. The number of thiazole rings is 1. The lowest BCUT2D eigenvalue weighted by atomic mass is 10.1. The second kappa shape index (κ2) is 10.5. The van der Waals surface area contributed by atoms with Gasteiger partial charge in [0.25, 0.3) is 5.56 Å². The first-order valence-corrected chi connectivity index (χ1v) is 13.7. The van der Waals surface area contributed by atoms with Gasteiger partial charge in [0.1, 0.15) is 4.70 Å². The second-order valence-corrected chi connectivity index (χ2v) is 10.9. The van der Waals surface area contributed by atoms with Crippen molar-refractivity contribution in [2.24, 2.45) is 0 Å². The fraction of sp³-hybridized carbons (Fsp3) is 0.308. The molecule has 0 fully saturated rings. The predicted octanol–water partition coefficient (Wildman–Crippen LogP) is 5.85. The fourth-order valence-electron chi connectivity index (χ4n) is 3.95. The van der Waals surface area contributed by atoms with Gasteiger partial charge in [0.05, 0.1) is 11.4 Å². The highest BCUT2D eigenvalue weighted by Crippen LogP contribution is 2.29. The van der Waals surface area contributed by atoms with Gasteiger partial charge in [-0.1, -0.05) is 47.4 Å². The molecule has 0 atom stereocenters. The summed E-state index contributed by atoms with van der Waals surface area (Å²) < 4.78 is 4.54. The highest BCUT2D eigenvalue weighted by molar-refractivity contribution is 7.99. The quantitative estimate of drug-likeness (QED) is 0.172. The number of aryl methyl sites for hydroxylation is 3. The number of nitrogens with zero attached hydrogens (tertiary/aromatic N) is 4. The van der Waals surface area contributed by atoms with Crippen molar-refractivity contribution in [1.29, 1.82) is 0 Å². The van der Waals surface area contributed by atoms with Gasteiger partial charge in [0, 0.05) is 18.8 Å². The summed E-state index contributed by atoms with van der Waals surface area (Å²) in [7, 11) is 0. The standard InChI is InChI=1S/C26H28N4O2S3/c1-6-28(7-2)21(31)15-34-25-27-23-22(24(32)30(25)20-11-9-8-10-17(20)4)35-26(33)29(23)19-13-12-16(3)18(5)14-19/h8-14H,6-7,15H2,1-5H3. The van der Waals surface area contributed by atoms with Crippen LogP contribution in [-0.4, -0.2) is 43.8 Å². The van der Waals surface area contributed by atoms with E-state index in [4.69, 9.17) is 17.2 Å². The molecular formula is C26H28N4O2S3. The molecule has 0 radical (unpaired) electrons. The number of amides is 1. The minimum Gasteiger partial charge on any atom is -0.343 e. The molecule has 4 aromatic rings. The van der Waals surface area contributed by atoms with E-state index in [-0.39, 0.29) is 17.2 Å². The Bertz CT molecular complexity index is 1530. The minimum absolute atomic E-state index is 0.0157. The molecule has 2 heterocycles. The topological polar surface area (TPSA) is 60.1 Å². The lowest BCUT2D eigenvalue weighted by Crippen LogP contribution is -2.32. The van der Waals surface area contributed by atoms with Crippen molar-refractivity contribution in [2.45, 2.75) is 39.8 Å². The van der Waals surface area contributed by atoms with Crippen LogP contribution in [0.15, 0.2) is 52.4 Å². The fourth-order valence-corrected chi connectivity index (χ4v) is 6.15. The molecule has 0 bridgehead atoms. The van der Waals surface area contributed by atoms with Crippen LogP contribution in [0.2, 0.25) is 0 Å². The molecule has 0 unspecified atom stereocenters. The van der Waals surface area contributed by atoms with E-state index < -0.39 is 0 Å². The number of benzene rings is 2. The van der Waals surface area contributed by atoms with Crippen LogP contribution in [0.3, 0.4) is 0 Å². The van der Waals surface area contributed by atoms with Crippen LogP contribution in [0.1, 0.15) is 30.5 Å². The molecule has 6 nitrogen and oxygen atoms in total. The van der Waals surface area contributed by atoms with Crippen LogP contribution in [0.4, 0.5) is 0 Å². The number of thioether (sulfide) groups is 1. The van der Waals surface area contributed by atoms with Gasteiger partial charge in [-0.15, -0.1) is 0 Å². The zero-order valence-corrected chi connectivity index (χ0v) is 22.9. The molecule has 0 saturated carbocycles. The number of fused-ring (bicyclic) bond motifs is 1. The average molecular weight is 525 g/mol. The van der Waals surface area contributed by atoms with E-state index in [0.717, 1.165) is 22.5 Å². The van der Waals surface area contributed by atoms with Crippen molar-refractivity contribution < 1.29 is 4.79 Å². The van der Waals surface area contributed by atoms with Crippen LogP contribution in [0.5, 0.6) is 0 Å². The van der Waals surface area contributed by atoms with Crippen LogP contribution in [0, 0.1) is 24.7 Å². The Morgan fingerprint density at radius 3 is 2.40 bits per heavy atom. The monoisotopic (exact) mass is 524 g/mol. The third-order valence-electron chi connectivity index (χ3n) is 6.12. The van der Waals surface area contributed by atoms with E-state index in [0.29, 0.717) is 32.5 Å². The van der Waals surface area contributed by atoms with E-state index in [9.17, 15) is 9.59 Å². The summed E-state index contributed by atoms with van der Waals surface area (Å²) in [5.74, 6) is 0.210. The molecular weight excluding hydrogens is 497 g/mol. The number of carbonyl (C=O) groups excluding carboxylic acids is 1. The Balaban J connectivity index is 1.95. The number of para-hydroxylation sites is 1. The van der Waals surface area contributed by atoms with E-state index >= 15 is 0 Å². The second-order valence-electron chi connectivity index (χ2n) is 8.30. The average Bonchev–Trinajstić information content (AvgIpc) is 3.17. The Kier molecular flexibility index (Phi) is 7.59. The molecule has 35 heavy (non-hydrogen) atoms. The van der Waals surface area contributed by atoms with E-state index in [1.807, 2.05) is 61.7 Å². The number of aromatic nitrogens is 3. The molecule has 0 aliphatic heterocycles. The normalized spacial score (nSPS) is 11.2. The van der Waals surface area contributed by atoms with Gasteiger partial charge in [0.15, 0.2) is 14.8 Å². The SMILES string of the molecule is CCN(CC)C(=O)CSc1nc2c(sc(=S)n2-c2ccc(C)c(C)c2)c(=O)n1-c1ccccc1C.